The van der Waals surface area contributed by atoms with E-state index in [2.05, 4.69) is 52.9 Å². The van der Waals surface area contributed by atoms with Crippen LogP contribution in [0.3, 0.4) is 0 Å². The Morgan fingerprint density at radius 3 is 2.22 bits per heavy atom. The number of nitrogens with zero attached hydrogens (tertiary/aromatic N) is 3. The van der Waals surface area contributed by atoms with Crippen molar-refractivity contribution in [3.8, 4) is 17.2 Å². The fourth-order valence-corrected chi connectivity index (χ4v) is 5.75. The molecule has 2 fully saturated rings. The molecule has 2 atom stereocenters. The first-order chi connectivity index (χ1) is 18.0. The van der Waals surface area contributed by atoms with Crippen LogP contribution in [0.15, 0.2) is 79.0 Å². The van der Waals surface area contributed by atoms with Gasteiger partial charge in [-0.3, -0.25) is 4.98 Å². The second-order valence-electron chi connectivity index (χ2n) is 9.70. The van der Waals surface area contributed by atoms with E-state index >= 15 is 0 Å². The standard InChI is InChI=1S/C30H30N4O2S/c1-19-18-26(20(2)33(19)21-7-8-21)29-28(27-6-4-5-17-31-27)32-30(37)34(29)22-9-11-24(12-10-22)36-25-15-13-23(35-3)14-16-25/h4-6,9-18,21,28-29H,7-8H2,1-3H3,(H,32,37). The summed E-state index contributed by atoms with van der Waals surface area (Å²) in [5.74, 6) is 2.32. The molecule has 1 aliphatic carbocycles. The van der Waals surface area contributed by atoms with Crippen molar-refractivity contribution in [1.29, 1.82) is 0 Å². The molecule has 37 heavy (non-hydrogen) atoms. The molecule has 0 bridgehead atoms. The van der Waals surface area contributed by atoms with E-state index in [1.807, 2.05) is 54.7 Å². The molecule has 1 N–H and O–H groups in total. The third-order valence-electron chi connectivity index (χ3n) is 7.26. The van der Waals surface area contributed by atoms with E-state index in [0.29, 0.717) is 11.2 Å². The number of pyridine rings is 1. The molecule has 1 saturated carbocycles. The number of rotatable bonds is 7. The minimum absolute atomic E-state index is 0.0190. The van der Waals surface area contributed by atoms with Gasteiger partial charge in [-0.2, -0.15) is 0 Å². The van der Waals surface area contributed by atoms with Gasteiger partial charge >= 0.3 is 0 Å². The predicted molar refractivity (Wildman–Crippen MR) is 150 cm³/mol. The van der Waals surface area contributed by atoms with E-state index in [-0.39, 0.29) is 12.1 Å². The third kappa shape index (κ3) is 4.44. The summed E-state index contributed by atoms with van der Waals surface area (Å²) in [7, 11) is 1.65. The van der Waals surface area contributed by atoms with E-state index in [1.54, 1.807) is 7.11 Å². The van der Waals surface area contributed by atoms with Crippen molar-refractivity contribution >= 4 is 23.0 Å². The Hall–Kier alpha value is -3.84. The quantitative estimate of drug-likeness (QED) is 0.276. The Kier molecular flexibility index (Phi) is 6.08. The monoisotopic (exact) mass is 510 g/mol. The number of thiocarbonyl (C=S) groups is 1. The average Bonchev–Trinajstić information content (AvgIpc) is 3.63. The van der Waals surface area contributed by atoms with Crippen LogP contribution in [0.25, 0.3) is 0 Å². The molecule has 6 rings (SSSR count). The van der Waals surface area contributed by atoms with Gasteiger partial charge in [-0.1, -0.05) is 6.07 Å². The number of nitrogens with one attached hydrogen (secondary N) is 1. The molecule has 0 radical (unpaired) electrons. The fraction of sp³-hybridized carbons (Fsp3) is 0.267. The topological polar surface area (TPSA) is 51.6 Å². The Labute approximate surface area is 222 Å². The highest BCUT2D eigenvalue weighted by Gasteiger charge is 2.43. The van der Waals surface area contributed by atoms with E-state index < -0.39 is 0 Å². The van der Waals surface area contributed by atoms with Crippen LogP contribution in [-0.2, 0) is 0 Å². The van der Waals surface area contributed by atoms with E-state index in [1.165, 1.54) is 29.8 Å². The van der Waals surface area contributed by atoms with Gasteiger partial charge in [0, 0.05) is 29.3 Å². The first-order valence-electron chi connectivity index (χ1n) is 12.6. The van der Waals surface area contributed by atoms with Crippen LogP contribution >= 0.6 is 12.2 Å². The summed E-state index contributed by atoms with van der Waals surface area (Å²) < 4.78 is 13.8. The maximum Gasteiger partial charge on any atom is 0.174 e. The van der Waals surface area contributed by atoms with Gasteiger partial charge in [0.25, 0.3) is 0 Å². The summed E-state index contributed by atoms with van der Waals surface area (Å²) in [6.45, 7) is 4.45. The number of aromatic nitrogens is 2. The lowest BCUT2D eigenvalue weighted by Gasteiger charge is -2.28. The summed E-state index contributed by atoms with van der Waals surface area (Å²) in [4.78, 5) is 6.92. The Bertz CT molecular complexity index is 1410. The zero-order valence-electron chi connectivity index (χ0n) is 21.2. The molecule has 6 nitrogen and oxygen atoms in total. The summed E-state index contributed by atoms with van der Waals surface area (Å²) in [6.07, 6.45) is 4.35. The van der Waals surface area contributed by atoms with E-state index in [0.717, 1.165) is 28.6 Å². The molecule has 2 unspecified atom stereocenters. The molecular weight excluding hydrogens is 480 g/mol. The first-order valence-corrected chi connectivity index (χ1v) is 13.1. The van der Waals surface area contributed by atoms with Crippen LogP contribution in [0, 0.1) is 13.8 Å². The van der Waals surface area contributed by atoms with Gasteiger partial charge in [0.2, 0.25) is 0 Å². The van der Waals surface area contributed by atoms with Crippen LogP contribution in [0.5, 0.6) is 17.2 Å². The van der Waals surface area contributed by atoms with E-state index in [4.69, 9.17) is 26.7 Å². The molecular formula is C30H30N4O2S. The lowest BCUT2D eigenvalue weighted by atomic mass is 9.96. The number of hydrogen-bond donors (Lipinski definition) is 1. The molecule has 2 aliphatic rings. The molecule has 0 spiro atoms. The lowest BCUT2D eigenvalue weighted by Crippen LogP contribution is -2.29. The number of anilines is 1. The minimum atomic E-state index is -0.0583. The van der Waals surface area contributed by atoms with Crippen molar-refractivity contribution < 1.29 is 9.47 Å². The highest BCUT2D eigenvalue weighted by molar-refractivity contribution is 7.80. The zero-order valence-corrected chi connectivity index (χ0v) is 22.0. The van der Waals surface area contributed by atoms with Crippen LogP contribution in [0.2, 0.25) is 0 Å². The molecule has 1 saturated heterocycles. The normalized spacial score (nSPS) is 19.1. The summed E-state index contributed by atoms with van der Waals surface area (Å²) in [6, 6.07) is 24.6. The van der Waals surface area contributed by atoms with Crippen LogP contribution in [0.1, 0.15) is 53.6 Å². The van der Waals surface area contributed by atoms with Crippen molar-refractivity contribution in [3.05, 3.63) is 102 Å². The van der Waals surface area contributed by atoms with Crippen LogP contribution in [-0.4, -0.2) is 21.8 Å². The van der Waals surface area contributed by atoms with Gasteiger partial charge in [0.1, 0.15) is 17.2 Å². The van der Waals surface area contributed by atoms with E-state index in [9.17, 15) is 0 Å². The van der Waals surface area contributed by atoms with Gasteiger partial charge in [0.15, 0.2) is 5.11 Å². The van der Waals surface area contributed by atoms with Crippen molar-refractivity contribution in [1.82, 2.24) is 14.9 Å². The summed E-state index contributed by atoms with van der Waals surface area (Å²) in [5.41, 5.74) is 5.89. The minimum Gasteiger partial charge on any atom is -0.497 e. The number of methoxy groups -OCH3 is 1. The van der Waals surface area contributed by atoms with Crippen molar-refractivity contribution in [3.63, 3.8) is 0 Å². The molecule has 1 aliphatic heterocycles. The Morgan fingerprint density at radius 1 is 0.919 bits per heavy atom. The largest absolute Gasteiger partial charge is 0.497 e. The maximum absolute atomic E-state index is 6.06. The summed E-state index contributed by atoms with van der Waals surface area (Å²) >= 11 is 5.92. The summed E-state index contributed by atoms with van der Waals surface area (Å²) in [5, 5.41) is 4.27. The maximum atomic E-state index is 6.06. The number of hydrogen-bond acceptors (Lipinski definition) is 4. The predicted octanol–water partition coefficient (Wildman–Crippen LogP) is 6.81. The number of aryl methyl sites for hydroxylation is 1. The lowest BCUT2D eigenvalue weighted by molar-refractivity contribution is 0.413. The van der Waals surface area contributed by atoms with Gasteiger partial charge in [-0.05, 0) is 111 Å². The van der Waals surface area contributed by atoms with Gasteiger partial charge in [-0.15, -0.1) is 0 Å². The fourth-order valence-electron chi connectivity index (χ4n) is 5.40. The SMILES string of the molecule is COc1ccc(Oc2ccc(N3C(=S)NC(c4ccccn4)C3c3cc(C)n(C4CC4)c3C)cc2)cc1. The van der Waals surface area contributed by atoms with Gasteiger partial charge < -0.3 is 24.3 Å². The molecule has 4 aromatic rings. The first kappa shape index (κ1) is 23.6. The Balaban J connectivity index is 1.35. The highest BCUT2D eigenvalue weighted by atomic mass is 32.1. The van der Waals surface area contributed by atoms with Crippen molar-refractivity contribution in [2.24, 2.45) is 0 Å². The second-order valence-corrected chi connectivity index (χ2v) is 10.1. The number of ether oxygens (including phenoxy) is 2. The second kappa shape index (κ2) is 9.56. The number of benzene rings is 2. The molecule has 7 heteroatoms. The molecule has 2 aromatic carbocycles. The average molecular weight is 511 g/mol. The molecule has 188 valence electrons. The highest BCUT2D eigenvalue weighted by Crippen LogP contribution is 2.46. The van der Waals surface area contributed by atoms with Crippen LogP contribution < -0.4 is 19.7 Å². The zero-order chi connectivity index (χ0) is 25.5. The Morgan fingerprint density at radius 2 is 1.59 bits per heavy atom. The third-order valence-corrected chi connectivity index (χ3v) is 7.58. The van der Waals surface area contributed by atoms with Crippen molar-refractivity contribution in [2.45, 2.75) is 44.8 Å². The van der Waals surface area contributed by atoms with Gasteiger partial charge in [-0.25, -0.2) is 0 Å². The molecule has 3 heterocycles. The van der Waals surface area contributed by atoms with Crippen molar-refractivity contribution in [2.75, 3.05) is 12.0 Å². The smallest absolute Gasteiger partial charge is 0.174 e. The van der Waals surface area contributed by atoms with Crippen LogP contribution in [0.4, 0.5) is 5.69 Å². The van der Waals surface area contributed by atoms with Gasteiger partial charge in [0.05, 0.1) is 24.9 Å². The molecule has 2 aromatic heterocycles. The molecule has 0 amide bonds.